The normalized spacial score (nSPS) is 20.0. The van der Waals surface area contributed by atoms with Gasteiger partial charge in [-0.2, -0.15) is 0 Å². The maximum absolute atomic E-state index is 13.0. The molecule has 4 heterocycles. The number of rotatable bonds is 2. The molecule has 0 aliphatic carbocycles. The van der Waals surface area contributed by atoms with Gasteiger partial charge in [0.25, 0.3) is 0 Å². The summed E-state index contributed by atoms with van der Waals surface area (Å²) < 4.78 is 0. The highest BCUT2D eigenvalue weighted by Crippen LogP contribution is 2.43. The van der Waals surface area contributed by atoms with Gasteiger partial charge in [-0.1, -0.05) is 0 Å². The fraction of sp³-hybridized carbons (Fsp3) is 0.444. The number of nitrogens with zero attached hydrogens (tertiary/aromatic N) is 5. The van der Waals surface area contributed by atoms with E-state index in [1.165, 1.54) is 0 Å². The number of aromatic nitrogens is 3. The molecule has 6 heteroatoms. The van der Waals surface area contributed by atoms with Gasteiger partial charge in [0, 0.05) is 38.2 Å². The highest BCUT2D eigenvalue weighted by molar-refractivity contribution is 5.99. The summed E-state index contributed by atoms with van der Waals surface area (Å²) in [5.41, 5.74) is 1.74. The number of carbonyl (C=O) groups is 1. The molecule has 24 heavy (non-hydrogen) atoms. The molecule has 0 saturated carbocycles. The number of amides is 1. The molecule has 2 aromatic heterocycles. The molecule has 6 nitrogen and oxygen atoms in total. The quantitative estimate of drug-likeness (QED) is 0.848. The van der Waals surface area contributed by atoms with Crippen LogP contribution < -0.4 is 9.80 Å². The molecular formula is C18H21N5O. The summed E-state index contributed by atoms with van der Waals surface area (Å²) in [6.07, 6.45) is 9.84. The first kappa shape index (κ1) is 15.1. The Kier molecular flexibility index (Phi) is 3.67. The third kappa shape index (κ3) is 2.52. The largest absolute Gasteiger partial charge is 0.341 e. The molecule has 2 fully saturated rings. The van der Waals surface area contributed by atoms with Crippen molar-refractivity contribution in [2.75, 3.05) is 29.4 Å². The van der Waals surface area contributed by atoms with Crippen LogP contribution in [0.5, 0.6) is 0 Å². The Morgan fingerprint density at radius 2 is 1.75 bits per heavy atom. The maximum Gasteiger partial charge on any atom is 0.233 e. The Hall–Kier alpha value is -2.50. The third-order valence-electron chi connectivity index (χ3n) is 5.24. The monoisotopic (exact) mass is 323 g/mol. The lowest BCUT2D eigenvalue weighted by Gasteiger charge is -2.37. The van der Waals surface area contributed by atoms with E-state index in [1.807, 2.05) is 36.4 Å². The number of aryl methyl sites for hydroxylation is 1. The van der Waals surface area contributed by atoms with E-state index < -0.39 is 0 Å². The zero-order valence-corrected chi connectivity index (χ0v) is 13.9. The summed E-state index contributed by atoms with van der Waals surface area (Å²) in [4.78, 5) is 30.1. The van der Waals surface area contributed by atoms with E-state index in [-0.39, 0.29) is 11.3 Å². The van der Waals surface area contributed by atoms with Crippen LogP contribution >= 0.6 is 0 Å². The van der Waals surface area contributed by atoms with Gasteiger partial charge in [-0.3, -0.25) is 9.78 Å². The molecule has 0 N–H and O–H groups in total. The molecule has 1 spiro atoms. The first-order valence-electron chi connectivity index (χ1n) is 8.44. The Morgan fingerprint density at radius 1 is 1.04 bits per heavy atom. The molecule has 4 rings (SSSR count). The van der Waals surface area contributed by atoms with E-state index >= 15 is 0 Å². The van der Waals surface area contributed by atoms with Crippen molar-refractivity contribution in [3.05, 3.63) is 42.5 Å². The Labute approximate surface area is 141 Å². The standard InChI is InChI=1S/C18H21N5O/c1-14-11-20-17(21-12-14)22-8-4-18(5-9-22)6-10-23(16(18)24)15-3-2-7-19-13-15/h2-3,7,11-13H,4-6,8-10H2,1H3. The predicted molar refractivity (Wildman–Crippen MR) is 91.9 cm³/mol. The maximum atomic E-state index is 13.0. The van der Waals surface area contributed by atoms with Crippen molar-refractivity contribution in [2.45, 2.75) is 26.2 Å². The molecular weight excluding hydrogens is 302 g/mol. The van der Waals surface area contributed by atoms with Crippen molar-refractivity contribution < 1.29 is 4.79 Å². The highest BCUT2D eigenvalue weighted by Gasteiger charge is 2.48. The summed E-state index contributed by atoms with van der Waals surface area (Å²) in [6.45, 7) is 4.43. The fourth-order valence-corrected chi connectivity index (χ4v) is 3.73. The minimum atomic E-state index is -0.225. The second-order valence-electron chi connectivity index (χ2n) is 6.75. The molecule has 2 aliphatic heterocycles. The van der Waals surface area contributed by atoms with E-state index in [0.717, 1.165) is 56.1 Å². The van der Waals surface area contributed by atoms with Crippen LogP contribution in [0, 0.1) is 12.3 Å². The van der Waals surface area contributed by atoms with Crippen LogP contribution in [0.2, 0.25) is 0 Å². The summed E-state index contributed by atoms with van der Waals surface area (Å²) in [6, 6.07) is 3.84. The summed E-state index contributed by atoms with van der Waals surface area (Å²) in [7, 11) is 0. The minimum Gasteiger partial charge on any atom is -0.341 e. The number of pyridine rings is 1. The zero-order valence-electron chi connectivity index (χ0n) is 13.9. The molecule has 0 unspecified atom stereocenters. The highest BCUT2D eigenvalue weighted by atomic mass is 16.2. The van der Waals surface area contributed by atoms with Crippen molar-refractivity contribution in [3.63, 3.8) is 0 Å². The number of carbonyl (C=O) groups excluding carboxylic acids is 1. The smallest absolute Gasteiger partial charge is 0.233 e. The van der Waals surface area contributed by atoms with Crippen molar-refractivity contribution >= 4 is 17.5 Å². The zero-order chi connectivity index (χ0) is 16.6. The van der Waals surface area contributed by atoms with E-state index in [4.69, 9.17) is 0 Å². The summed E-state index contributed by atoms with van der Waals surface area (Å²) >= 11 is 0. The van der Waals surface area contributed by atoms with Crippen LogP contribution in [-0.2, 0) is 4.79 Å². The molecule has 0 atom stereocenters. The summed E-state index contributed by atoms with van der Waals surface area (Å²) in [5.74, 6) is 1.02. The van der Waals surface area contributed by atoms with Crippen molar-refractivity contribution in [1.29, 1.82) is 0 Å². The summed E-state index contributed by atoms with van der Waals surface area (Å²) in [5, 5.41) is 0. The van der Waals surface area contributed by atoms with Gasteiger partial charge in [-0.05, 0) is 43.9 Å². The van der Waals surface area contributed by atoms with Gasteiger partial charge < -0.3 is 9.80 Å². The van der Waals surface area contributed by atoms with Gasteiger partial charge in [-0.25, -0.2) is 9.97 Å². The van der Waals surface area contributed by atoms with Crippen molar-refractivity contribution in [2.24, 2.45) is 5.41 Å². The molecule has 2 saturated heterocycles. The van der Waals surface area contributed by atoms with E-state index in [1.54, 1.807) is 12.4 Å². The van der Waals surface area contributed by atoms with Gasteiger partial charge in [0.05, 0.1) is 17.3 Å². The Bertz CT molecular complexity index is 723. The number of piperidine rings is 1. The second kappa shape index (κ2) is 5.85. The third-order valence-corrected chi connectivity index (χ3v) is 5.24. The average molecular weight is 323 g/mol. The molecule has 0 aromatic carbocycles. The number of hydrogen-bond acceptors (Lipinski definition) is 5. The topological polar surface area (TPSA) is 62.2 Å². The second-order valence-corrected chi connectivity index (χ2v) is 6.75. The van der Waals surface area contributed by atoms with E-state index in [0.29, 0.717) is 0 Å². The van der Waals surface area contributed by atoms with Crippen LogP contribution in [0.4, 0.5) is 11.6 Å². The predicted octanol–water partition coefficient (Wildman–Crippen LogP) is 2.20. The molecule has 1 amide bonds. The van der Waals surface area contributed by atoms with Gasteiger partial charge in [-0.15, -0.1) is 0 Å². The lowest BCUT2D eigenvalue weighted by molar-refractivity contribution is -0.126. The van der Waals surface area contributed by atoms with Crippen LogP contribution in [0.3, 0.4) is 0 Å². The van der Waals surface area contributed by atoms with Gasteiger partial charge >= 0.3 is 0 Å². The van der Waals surface area contributed by atoms with Crippen LogP contribution in [0.1, 0.15) is 24.8 Å². The molecule has 2 aromatic rings. The number of anilines is 2. The minimum absolute atomic E-state index is 0.225. The molecule has 0 bridgehead atoms. The van der Waals surface area contributed by atoms with Crippen LogP contribution in [0.25, 0.3) is 0 Å². The Balaban J connectivity index is 1.47. The SMILES string of the molecule is Cc1cnc(N2CCC3(CC2)CCN(c2cccnc2)C3=O)nc1. The Morgan fingerprint density at radius 3 is 2.42 bits per heavy atom. The van der Waals surface area contributed by atoms with Gasteiger partial charge in [0.15, 0.2) is 0 Å². The average Bonchev–Trinajstić information content (AvgIpc) is 2.94. The first-order valence-corrected chi connectivity index (χ1v) is 8.44. The fourth-order valence-electron chi connectivity index (χ4n) is 3.73. The van der Waals surface area contributed by atoms with Crippen molar-refractivity contribution in [3.8, 4) is 0 Å². The van der Waals surface area contributed by atoms with E-state index in [2.05, 4.69) is 19.9 Å². The lowest BCUT2D eigenvalue weighted by Crippen LogP contribution is -2.45. The molecule has 124 valence electrons. The van der Waals surface area contributed by atoms with Crippen molar-refractivity contribution in [1.82, 2.24) is 15.0 Å². The lowest BCUT2D eigenvalue weighted by atomic mass is 9.77. The van der Waals surface area contributed by atoms with Gasteiger partial charge in [0.1, 0.15) is 0 Å². The molecule has 2 aliphatic rings. The van der Waals surface area contributed by atoms with Crippen LogP contribution in [-0.4, -0.2) is 40.5 Å². The number of hydrogen-bond donors (Lipinski definition) is 0. The van der Waals surface area contributed by atoms with Gasteiger partial charge in [0.2, 0.25) is 11.9 Å². The molecule has 0 radical (unpaired) electrons. The van der Waals surface area contributed by atoms with Crippen LogP contribution in [0.15, 0.2) is 36.9 Å². The first-order chi connectivity index (χ1) is 11.7. The van der Waals surface area contributed by atoms with E-state index in [9.17, 15) is 4.79 Å².